The van der Waals surface area contributed by atoms with Crippen LogP contribution < -0.4 is 0 Å². The van der Waals surface area contributed by atoms with Crippen LogP contribution in [0, 0.1) is 0 Å². The van der Waals surface area contributed by atoms with Crippen LogP contribution in [0.1, 0.15) is 16.3 Å². The summed E-state index contributed by atoms with van der Waals surface area (Å²) in [7, 11) is 0. The first-order valence-corrected chi connectivity index (χ1v) is 4.25. The van der Waals surface area contributed by atoms with Crippen LogP contribution in [0.15, 0.2) is 27.1 Å². The van der Waals surface area contributed by atoms with Crippen LogP contribution in [-0.2, 0) is 6.18 Å². The van der Waals surface area contributed by atoms with Crippen molar-refractivity contribution in [3.8, 4) is 11.5 Å². The summed E-state index contributed by atoms with van der Waals surface area (Å²) in [6.45, 7) is 0. The second-order valence-corrected chi connectivity index (χ2v) is 3.04. The monoisotopic (exact) mass is 247 g/mol. The van der Waals surface area contributed by atoms with Crippen molar-refractivity contribution in [3.63, 3.8) is 0 Å². The lowest BCUT2D eigenvalue weighted by Gasteiger charge is -1.99. The van der Waals surface area contributed by atoms with Crippen LogP contribution >= 0.6 is 0 Å². The summed E-state index contributed by atoms with van der Waals surface area (Å²) in [4.78, 5) is 10.5. The lowest BCUT2D eigenvalue weighted by atomic mass is 10.3. The van der Waals surface area contributed by atoms with Gasteiger partial charge in [0.2, 0.25) is 11.5 Å². The number of furan rings is 1. The van der Waals surface area contributed by atoms with E-state index in [2.05, 4.69) is 14.1 Å². The molecule has 0 aromatic carbocycles. The van der Waals surface area contributed by atoms with E-state index in [-0.39, 0.29) is 11.5 Å². The number of carbonyl (C=O) groups is 1. The maximum atomic E-state index is 12.2. The second-order valence-electron chi connectivity index (χ2n) is 3.04. The normalized spacial score (nSPS) is 11.7. The van der Waals surface area contributed by atoms with Crippen molar-refractivity contribution >= 4 is 5.97 Å². The Bertz CT molecular complexity index is 555. The van der Waals surface area contributed by atoms with E-state index in [1.165, 1.54) is 0 Å². The Kier molecular flexibility index (Phi) is 2.41. The van der Waals surface area contributed by atoms with Crippen LogP contribution in [0.2, 0.25) is 0 Å². The van der Waals surface area contributed by atoms with Crippen LogP contribution in [0.5, 0.6) is 0 Å². The maximum absolute atomic E-state index is 12.2. The van der Waals surface area contributed by atoms with E-state index >= 15 is 0 Å². The molecule has 2 aromatic rings. The largest absolute Gasteiger partial charge is 0.475 e. The zero-order chi connectivity index (χ0) is 12.6. The second kappa shape index (κ2) is 3.65. The van der Waals surface area contributed by atoms with Crippen molar-refractivity contribution in [2.24, 2.45) is 0 Å². The van der Waals surface area contributed by atoms with Crippen molar-refractivity contribution in [1.82, 2.24) is 5.16 Å². The topological polar surface area (TPSA) is 76.5 Å². The molecule has 0 amide bonds. The number of carboxylic acids is 1. The predicted octanol–water partition coefficient (Wildman–Crippen LogP) is 2.65. The fraction of sp³-hybridized carbons (Fsp3) is 0.111. The molecule has 8 heteroatoms. The Morgan fingerprint density at radius 3 is 2.53 bits per heavy atom. The molecule has 0 bridgehead atoms. The first-order chi connectivity index (χ1) is 7.88. The molecule has 0 spiro atoms. The molecule has 0 atom stereocenters. The number of hydrogen-bond donors (Lipinski definition) is 1. The summed E-state index contributed by atoms with van der Waals surface area (Å²) >= 11 is 0. The number of rotatable bonds is 2. The number of aromatic carboxylic acids is 1. The zero-order valence-electron chi connectivity index (χ0n) is 7.99. The smallest absolute Gasteiger partial charge is 0.449 e. The Labute approximate surface area is 91.4 Å². The third-order valence-corrected chi connectivity index (χ3v) is 1.86. The van der Waals surface area contributed by atoms with Gasteiger partial charge in [0.1, 0.15) is 5.69 Å². The summed E-state index contributed by atoms with van der Waals surface area (Å²) < 4.78 is 45.5. The van der Waals surface area contributed by atoms with Gasteiger partial charge >= 0.3 is 12.1 Å². The van der Waals surface area contributed by atoms with E-state index in [0.717, 1.165) is 18.2 Å². The zero-order valence-corrected chi connectivity index (χ0v) is 7.99. The number of alkyl halides is 3. The van der Waals surface area contributed by atoms with Crippen LogP contribution in [0.4, 0.5) is 13.2 Å². The highest BCUT2D eigenvalue weighted by Gasteiger charge is 2.35. The number of halogens is 3. The quantitative estimate of drug-likeness (QED) is 0.882. The van der Waals surface area contributed by atoms with Crippen molar-refractivity contribution in [2.75, 3.05) is 0 Å². The minimum absolute atomic E-state index is 0.113. The number of nitrogens with zero attached hydrogens (tertiary/aromatic N) is 1. The van der Waals surface area contributed by atoms with Crippen molar-refractivity contribution in [1.29, 1.82) is 0 Å². The van der Waals surface area contributed by atoms with Gasteiger partial charge in [0, 0.05) is 6.07 Å². The molecule has 2 heterocycles. The first-order valence-electron chi connectivity index (χ1n) is 4.25. The highest BCUT2D eigenvalue weighted by Crippen LogP contribution is 2.33. The number of carboxylic acid groups (broad SMARTS) is 1. The molecule has 1 N–H and O–H groups in total. The van der Waals surface area contributed by atoms with Crippen molar-refractivity contribution in [3.05, 3.63) is 29.7 Å². The van der Waals surface area contributed by atoms with E-state index in [4.69, 9.17) is 5.11 Å². The Balaban J connectivity index is 2.34. The molecule has 0 saturated carbocycles. The predicted molar refractivity (Wildman–Crippen MR) is 46.2 cm³/mol. The van der Waals surface area contributed by atoms with Gasteiger partial charge in [-0.25, -0.2) is 4.79 Å². The average molecular weight is 247 g/mol. The highest BCUT2D eigenvalue weighted by atomic mass is 19.4. The van der Waals surface area contributed by atoms with E-state index in [0.29, 0.717) is 0 Å². The summed E-state index contributed by atoms with van der Waals surface area (Å²) in [5.41, 5.74) is -0.113. The molecule has 0 aliphatic carbocycles. The molecule has 0 aliphatic heterocycles. The van der Waals surface area contributed by atoms with Gasteiger partial charge in [0.25, 0.3) is 0 Å². The fourth-order valence-corrected chi connectivity index (χ4v) is 1.12. The van der Waals surface area contributed by atoms with Gasteiger partial charge in [-0.15, -0.1) is 0 Å². The fourth-order valence-electron chi connectivity index (χ4n) is 1.12. The summed E-state index contributed by atoms with van der Waals surface area (Å²) in [5.74, 6) is -3.25. The molecule has 0 radical (unpaired) electrons. The van der Waals surface area contributed by atoms with Crippen LogP contribution in [-0.4, -0.2) is 16.2 Å². The summed E-state index contributed by atoms with van der Waals surface area (Å²) in [6, 6.07) is 2.73. The highest BCUT2D eigenvalue weighted by molar-refractivity contribution is 5.85. The van der Waals surface area contributed by atoms with Gasteiger partial charge in [-0.05, 0) is 12.1 Å². The van der Waals surface area contributed by atoms with Crippen molar-refractivity contribution < 1.29 is 32.0 Å². The lowest BCUT2D eigenvalue weighted by Crippen LogP contribution is -2.01. The Morgan fingerprint density at radius 1 is 1.35 bits per heavy atom. The van der Waals surface area contributed by atoms with E-state index in [9.17, 15) is 18.0 Å². The average Bonchev–Trinajstić information content (AvgIpc) is 2.85. The molecule has 17 heavy (non-hydrogen) atoms. The SMILES string of the molecule is O=C(O)c1cc(-c2ccc(C(F)(F)F)o2)no1. The molecular formula is C9H4F3NO4. The summed E-state index contributed by atoms with van der Waals surface area (Å²) in [6.07, 6.45) is -4.60. The van der Waals surface area contributed by atoms with Gasteiger partial charge in [-0.1, -0.05) is 5.16 Å². The lowest BCUT2D eigenvalue weighted by molar-refractivity contribution is -0.152. The van der Waals surface area contributed by atoms with E-state index in [1.54, 1.807) is 0 Å². The van der Waals surface area contributed by atoms with Gasteiger partial charge < -0.3 is 14.0 Å². The van der Waals surface area contributed by atoms with Gasteiger partial charge in [-0.3, -0.25) is 0 Å². The molecule has 90 valence electrons. The molecule has 0 unspecified atom stereocenters. The molecule has 2 rings (SSSR count). The van der Waals surface area contributed by atoms with Crippen molar-refractivity contribution in [2.45, 2.75) is 6.18 Å². The molecular weight excluding hydrogens is 243 g/mol. The maximum Gasteiger partial charge on any atom is 0.449 e. The number of hydrogen-bond acceptors (Lipinski definition) is 4. The third kappa shape index (κ3) is 2.14. The van der Waals surface area contributed by atoms with Gasteiger partial charge in [-0.2, -0.15) is 13.2 Å². The molecule has 0 fully saturated rings. The van der Waals surface area contributed by atoms with E-state index in [1.807, 2.05) is 0 Å². The minimum Gasteiger partial charge on any atom is -0.475 e. The molecule has 0 saturated heterocycles. The Morgan fingerprint density at radius 2 is 2.06 bits per heavy atom. The molecule has 5 nitrogen and oxygen atoms in total. The molecule has 0 aliphatic rings. The minimum atomic E-state index is -4.60. The standard InChI is InChI=1S/C9H4F3NO4/c10-9(11,12)7-2-1-5(16-7)4-3-6(8(14)15)17-13-4/h1-3H,(H,14,15). The van der Waals surface area contributed by atoms with Crippen LogP contribution in [0.25, 0.3) is 11.5 Å². The van der Waals surface area contributed by atoms with Gasteiger partial charge in [0.15, 0.2) is 5.76 Å². The summed E-state index contributed by atoms with van der Waals surface area (Å²) in [5, 5.41) is 11.8. The molecule has 2 aromatic heterocycles. The first kappa shape index (κ1) is 11.2. The van der Waals surface area contributed by atoms with E-state index < -0.39 is 23.7 Å². The number of aromatic nitrogens is 1. The van der Waals surface area contributed by atoms with Gasteiger partial charge in [0.05, 0.1) is 0 Å². The van der Waals surface area contributed by atoms with Crippen LogP contribution in [0.3, 0.4) is 0 Å². The third-order valence-electron chi connectivity index (χ3n) is 1.86. The Hall–Kier alpha value is -2.25.